The van der Waals surface area contributed by atoms with E-state index < -0.39 is 0 Å². The average molecular weight is 370 g/mol. The lowest BCUT2D eigenvalue weighted by molar-refractivity contribution is -0.118. The van der Waals surface area contributed by atoms with E-state index in [9.17, 15) is 9.59 Å². The molecule has 0 aromatic carbocycles. The van der Waals surface area contributed by atoms with E-state index in [0.29, 0.717) is 24.2 Å². The van der Waals surface area contributed by atoms with Crippen molar-refractivity contribution in [1.82, 2.24) is 19.5 Å². The second-order valence-corrected chi connectivity index (χ2v) is 8.90. The second kappa shape index (κ2) is 6.57. The molecule has 3 aliphatic carbocycles. The summed E-state index contributed by atoms with van der Waals surface area (Å²) in [4.78, 5) is 36.5. The van der Waals surface area contributed by atoms with Crippen LogP contribution in [0.15, 0.2) is 4.79 Å². The average Bonchev–Trinajstić information content (AvgIpc) is 3.12. The SMILES string of the molecule is CCCn1c(=O)nc(C)c2[nH]c(C34CCC(CCC(C)=O)(CC3)CC4)nc21. The van der Waals surface area contributed by atoms with Crippen molar-refractivity contribution in [3.63, 3.8) is 0 Å². The van der Waals surface area contributed by atoms with Gasteiger partial charge in [-0.05, 0) is 70.6 Å². The maximum absolute atomic E-state index is 12.3. The zero-order valence-corrected chi connectivity index (χ0v) is 16.7. The Balaban J connectivity index is 1.66. The first-order valence-corrected chi connectivity index (χ1v) is 10.4. The zero-order valence-electron chi connectivity index (χ0n) is 16.7. The highest BCUT2D eigenvalue weighted by molar-refractivity contribution is 5.75. The van der Waals surface area contributed by atoms with Crippen LogP contribution in [-0.4, -0.2) is 25.3 Å². The van der Waals surface area contributed by atoms with Crippen molar-refractivity contribution in [2.45, 2.75) is 90.5 Å². The van der Waals surface area contributed by atoms with Gasteiger partial charge in [0, 0.05) is 18.4 Å². The van der Waals surface area contributed by atoms with E-state index in [-0.39, 0.29) is 11.1 Å². The van der Waals surface area contributed by atoms with Crippen LogP contribution in [0.1, 0.15) is 83.2 Å². The Morgan fingerprint density at radius 3 is 2.41 bits per heavy atom. The summed E-state index contributed by atoms with van der Waals surface area (Å²) in [6.45, 7) is 6.29. The molecule has 2 bridgehead atoms. The Morgan fingerprint density at radius 2 is 1.81 bits per heavy atom. The van der Waals surface area contributed by atoms with E-state index >= 15 is 0 Å². The number of nitrogens with one attached hydrogen (secondary N) is 1. The summed E-state index contributed by atoms with van der Waals surface area (Å²) in [5.74, 6) is 1.35. The molecule has 6 nitrogen and oxygen atoms in total. The molecule has 6 heteroatoms. The molecule has 1 N–H and O–H groups in total. The van der Waals surface area contributed by atoms with E-state index in [4.69, 9.17) is 4.98 Å². The number of H-pyrrole nitrogens is 1. The molecule has 0 atom stereocenters. The Kier molecular flexibility index (Phi) is 4.47. The van der Waals surface area contributed by atoms with Gasteiger partial charge in [0.15, 0.2) is 5.65 Å². The number of ketones is 1. The fourth-order valence-electron chi connectivity index (χ4n) is 5.27. The smallest absolute Gasteiger partial charge is 0.339 e. The van der Waals surface area contributed by atoms with E-state index in [1.165, 1.54) is 19.3 Å². The van der Waals surface area contributed by atoms with Crippen molar-refractivity contribution in [3.05, 3.63) is 22.0 Å². The molecule has 0 saturated heterocycles. The number of carbonyl (C=O) groups excluding carboxylic acids is 1. The summed E-state index contributed by atoms with van der Waals surface area (Å²) in [7, 11) is 0. The standard InChI is InChI=1S/C21H30N4O2/c1-4-13-25-17-16(15(3)22-19(25)27)23-18(24-17)21-10-7-20(8-11-21,9-12-21)6-5-14(2)26/h4-13H2,1-3H3,(H,23,24). The molecule has 146 valence electrons. The highest BCUT2D eigenvalue weighted by atomic mass is 16.1. The summed E-state index contributed by atoms with van der Waals surface area (Å²) in [5, 5.41) is 0. The van der Waals surface area contributed by atoms with Crippen molar-refractivity contribution < 1.29 is 4.79 Å². The largest absolute Gasteiger partial charge is 0.349 e. The lowest BCUT2D eigenvalue weighted by Gasteiger charge is -2.52. The van der Waals surface area contributed by atoms with Crippen LogP contribution in [0.4, 0.5) is 0 Å². The summed E-state index contributed by atoms with van der Waals surface area (Å²) >= 11 is 0. The molecule has 0 radical (unpaired) electrons. The van der Waals surface area contributed by atoms with Gasteiger partial charge in [0.2, 0.25) is 0 Å². The predicted octanol–water partition coefficient (Wildman–Crippen LogP) is 3.80. The van der Waals surface area contributed by atoms with Crippen molar-refractivity contribution in [2.75, 3.05) is 0 Å². The van der Waals surface area contributed by atoms with Gasteiger partial charge in [-0.25, -0.2) is 9.78 Å². The number of aromatic amines is 1. The predicted molar refractivity (Wildman–Crippen MR) is 105 cm³/mol. The first-order valence-electron chi connectivity index (χ1n) is 10.4. The van der Waals surface area contributed by atoms with Crippen molar-refractivity contribution in [3.8, 4) is 0 Å². The van der Waals surface area contributed by atoms with E-state index in [1.54, 1.807) is 11.5 Å². The molecule has 0 spiro atoms. The monoisotopic (exact) mass is 370 g/mol. The molecule has 2 heterocycles. The third kappa shape index (κ3) is 3.03. The number of hydrogen-bond acceptors (Lipinski definition) is 4. The molecule has 0 amide bonds. The highest BCUT2D eigenvalue weighted by Crippen LogP contribution is 2.59. The first kappa shape index (κ1) is 18.4. The third-order valence-electron chi connectivity index (χ3n) is 7.16. The second-order valence-electron chi connectivity index (χ2n) is 8.90. The topological polar surface area (TPSA) is 80.6 Å². The number of hydrogen-bond donors (Lipinski definition) is 1. The highest BCUT2D eigenvalue weighted by Gasteiger charge is 2.50. The molecular weight excluding hydrogens is 340 g/mol. The van der Waals surface area contributed by atoms with Gasteiger partial charge in [-0.15, -0.1) is 0 Å². The molecule has 3 aliphatic rings. The molecule has 27 heavy (non-hydrogen) atoms. The number of aromatic nitrogens is 4. The van der Waals surface area contributed by atoms with Crippen LogP contribution < -0.4 is 5.69 Å². The molecule has 3 saturated carbocycles. The number of aryl methyl sites for hydroxylation is 2. The first-order chi connectivity index (χ1) is 12.9. The number of carbonyl (C=O) groups is 1. The Hall–Kier alpha value is -1.98. The van der Waals surface area contributed by atoms with E-state index in [1.807, 2.05) is 6.92 Å². The number of nitrogens with zero attached hydrogens (tertiary/aromatic N) is 3. The molecular formula is C21H30N4O2. The molecule has 0 unspecified atom stereocenters. The van der Waals surface area contributed by atoms with Gasteiger partial charge in [-0.3, -0.25) is 4.57 Å². The summed E-state index contributed by atoms with van der Waals surface area (Å²) in [6.07, 6.45) is 9.53. The summed E-state index contributed by atoms with van der Waals surface area (Å²) in [5.41, 5.74) is 2.66. The van der Waals surface area contributed by atoms with Gasteiger partial charge in [0.25, 0.3) is 0 Å². The van der Waals surface area contributed by atoms with Crippen LogP contribution in [0.2, 0.25) is 0 Å². The number of Topliss-reactive ketones (excluding diaryl/α,β-unsaturated/α-hetero) is 1. The number of fused-ring (bicyclic) bond motifs is 4. The zero-order chi connectivity index (χ0) is 19.2. The van der Waals surface area contributed by atoms with Gasteiger partial charge in [-0.2, -0.15) is 4.98 Å². The maximum Gasteiger partial charge on any atom is 0.349 e. The van der Waals surface area contributed by atoms with E-state index in [0.717, 1.165) is 54.8 Å². The van der Waals surface area contributed by atoms with Gasteiger partial charge >= 0.3 is 5.69 Å². The van der Waals surface area contributed by atoms with Gasteiger partial charge < -0.3 is 9.78 Å². The Labute approximate surface area is 159 Å². The van der Waals surface area contributed by atoms with Gasteiger partial charge in [0.1, 0.15) is 17.1 Å². The van der Waals surface area contributed by atoms with E-state index in [2.05, 4.69) is 16.9 Å². The van der Waals surface area contributed by atoms with Gasteiger partial charge in [-0.1, -0.05) is 6.92 Å². The minimum Gasteiger partial charge on any atom is -0.339 e. The maximum atomic E-state index is 12.3. The fourth-order valence-corrected chi connectivity index (χ4v) is 5.27. The van der Waals surface area contributed by atoms with Crippen molar-refractivity contribution >= 4 is 16.9 Å². The normalized spacial score (nSPS) is 27.4. The fraction of sp³-hybridized carbons (Fsp3) is 0.714. The van der Waals surface area contributed by atoms with Crippen LogP contribution in [0.5, 0.6) is 0 Å². The van der Waals surface area contributed by atoms with Crippen LogP contribution in [-0.2, 0) is 16.8 Å². The molecule has 3 fully saturated rings. The molecule has 2 aromatic rings. The Bertz CT molecular complexity index is 915. The van der Waals surface area contributed by atoms with Gasteiger partial charge in [0.05, 0.1) is 5.69 Å². The Morgan fingerprint density at radius 1 is 1.15 bits per heavy atom. The van der Waals surface area contributed by atoms with Crippen molar-refractivity contribution in [2.24, 2.45) is 5.41 Å². The van der Waals surface area contributed by atoms with Crippen molar-refractivity contribution in [1.29, 1.82) is 0 Å². The summed E-state index contributed by atoms with van der Waals surface area (Å²) in [6, 6.07) is 0. The molecule has 5 rings (SSSR count). The number of rotatable bonds is 6. The van der Waals surface area contributed by atoms with Crippen LogP contribution in [0.3, 0.4) is 0 Å². The lowest BCUT2D eigenvalue weighted by Crippen LogP contribution is -2.44. The van der Waals surface area contributed by atoms with Crippen LogP contribution >= 0.6 is 0 Å². The molecule has 2 aromatic heterocycles. The summed E-state index contributed by atoms with van der Waals surface area (Å²) < 4.78 is 1.71. The molecule has 0 aliphatic heterocycles. The quantitative estimate of drug-likeness (QED) is 0.839. The van der Waals surface area contributed by atoms with Crippen LogP contribution in [0.25, 0.3) is 11.2 Å². The minimum absolute atomic E-state index is 0.0938. The minimum atomic E-state index is -0.201. The number of imidazole rings is 1. The lowest BCUT2D eigenvalue weighted by atomic mass is 9.52. The van der Waals surface area contributed by atoms with Crippen LogP contribution in [0, 0.1) is 12.3 Å². The third-order valence-corrected chi connectivity index (χ3v) is 7.16.